The first-order valence-corrected chi connectivity index (χ1v) is 4.07. The summed E-state index contributed by atoms with van der Waals surface area (Å²) in [6, 6.07) is -0.265. The molecule has 0 aromatic carbocycles. The molecule has 3 N–H and O–H groups in total. The van der Waals surface area contributed by atoms with Crippen LogP contribution in [-0.4, -0.2) is 29.0 Å². The molecule has 1 aliphatic heterocycles. The number of ether oxygens (including phenoxy) is 1. The van der Waals surface area contributed by atoms with E-state index in [9.17, 15) is 5.11 Å². The van der Waals surface area contributed by atoms with Gasteiger partial charge in [0.05, 0.1) is 23.9 Å². The van der Waals surface area contributed by atoms with Crippen LogP contribution in [0.2, 0.25) is 0 Å². The van der Waals surface area contributed by atoms with E-state index >= 15 is 0 Å². The molecule has 4 atom stereocenters. The van der Waals surface area contributed by atoms with Crippen LogP contribution < -0.4 is 5.73 Å². The molecule has 1 aliphatic rings. The van der Waals surface area contributed by atoms with Gasteiger partial charge in [-0.1, -0.05) is 0 Å². The molecule has 0 aromatic rings. The molecule has 0 bridgehead atoms. The van der Waals surface area contributed by atoms with Crippen LogP contribution in [0.4, 0.5) is 0 Å². The summed E-state index contributed by atoms with van der Waals surface area (Å²) in [5, 5.41) is 9.78. The van der Waals surface area contributed by atoms with E-state index in [0.29, 0.717) is 6.42 Å². The van der Waals surface area contributed by atoms with Crippen molar-refractivity contribution in [2.45, 2.75) is 51.0 Å². The van der Waals surface area contributed by atoms with Crippen molar-refractivity contribution in [1.82, 2.24) is 0 Å². The van der Waals surface area contributed by atoms with E-state index in [0.717, 1.165) is 0 Å². The molecule has 0 radical (unpaired) electrons. The van der Waals surface area contributed by atoms with Gasteiger partial charge in [-0.05, 0) is 20.8 Å². The highest BCUT2D eigenvalue weighted by molar-refractivity contribution is 4.94. The minimum absolute atomic E-state index is 0.0475. The summed E-state index contributed by atoms with van der Waals surface area (Å²) in [7, 11) is 0. The van der Waals surface area contributed by atoms with Crippen LogP contribution in [0.15, 0.2) is 0 Å². The predicted octanol–water partition coefficient (Wildman–Crippen LogP) is 0.262. The van der Waals surface area contributed by atoms with Crippen molar-refractivity contribution in [2.75, 3.05) is 0 Å². The van der Waals surface area contributed by atoms with Gasteiger partial charge in [-0.25, -0.2) is 0 Å². The molecule has 1 heterocycles. The lowest BCUT2D eigenvalue weighted by Gasteiger charge is -2.42. The average Bonchev–Trinajstić information content (AvgIpc) is 1.81. The second-order valence-corrected chi connectivity index (χ2v) is 3.74. The van der Waals surface area contributed by atoms with Crippen molar-refractivity contribution in [1.29, 1.82) is 0 Å². The van der Waals surface area contributed by atoms with Gasteiger partial charge in [-0.15, -0.1) is 0 Å². The summed E-state index contributed by atoms with van der Waals surface area (Å²) in [5.74, 6) is 0. The van der Waals surface area contributed by atoms with Gasteiger partial charge in [-0.3, -0.25) is 0 Å². The van der Waals surface area contributed by atoms with Crippen LogP contribution in [0.25, 0.3) is 0 Å². The molecule has 0 aromatic heterocycles. The molecule has 4 unspecified atom stereocenters. The van der Waals surface area contributed by atoms with E-state index in [2.05, 4.69) is 0 Å². The van der Waals surface area contributed by atoms with Crippen LogP contribution in [0, 0.1) is 0 Å². The molecule has 1 fully saturated rings. The van der Waals surface area contributed by atoms with Gasteiger partial charge in [0.15, 0.2) is 0 Å². The fourth-order valence-corrected chi connectivity index (χ4v) is 1.72. The Morgan fingerprint density at radius 2 is 2.09 bits per heavy atom. The standard InChI is InChI=1S/C8H17NO2/c1-5-4-8(3,10)7(9)6(2)11-5/h5-7,10H,4,9H2,1-3H3. The van der Waals surface area contributed by atoms with Gasteiger partial charge < -0.3 is 15.6 Å². The van der Waals surface area contributed by atoms with E-state index in [1.807, 2.05) is 13.8 Å². The average molecular weight is 159 g/mol. The second-order valence-electron chi connectivity index (χ2n) is 3.74. The molecule has 0 aliphatic carbocycles. The van der Waals surface area contributed by atoms with Crippen molar-refractivity contribution >= 4 is 0 Å². The third kappa shape index (κ3) is 1.72. The van der Waals surface area contributed by atoms with Crippen molar-refractivity contribution < 1.29 is 9.84 Å². The maximum absolute atomic E-state index is 9.78. The van der Waals surface area contributed by atoms with Gasteiger partial charge in [0.25, 0.3) is 0 Å². The van der Waals surface area contributed by atoms with Crippen LogP contribution in [0.1, 0.15) is 27.2 Å². The maximum atomic E-state index is 9.78. The molecule has 1 saturated heterocycles. The number of aliphatic hydroxyl groups is 1. The topological polar surface area (TPSA) is 55.5 Å². The Balaban J connectivity index is 2.67. The summed E-state index contributed by atoms with van der Waals surface area (Å²) >= 11 is 0. The number of nitrogens with two attached hydrogens (primary N) is 1. The van der Waals surface area contributed by atoms with Gasteiger partial charge in [0.2, 0.25) is 0 Å². The molecule has 66 valence electrons. The predicted molar refractivity (Wildman–Crippen MR) is 43.2 cm³/mol. The monoisotopic (exact) mass is 159 g/mol. The Morgan fingerprint density at radius 1 is 1.55 bits per heavy atom. The summed E-state index contributed by atoms with van der Waals surface area (Å²) in [4.78, 5) is 0. The third-order valence-electron chi connectivity index (χ3n) is 2.37. The van der Waals surface area contributed by atoms with Gasteiger partial charge in [0.1, 0.15) is 0 Å². The number of hydrogen-bond donors (Lipinski definition) is 2. The molecular weight excluding hydrogens is 142 g/mol. The van der Waals surface area contributed by atoms with Crippen LogP contribution in [-0.2, 0) is 4.74 Å². The smallest absolute Gasteiger partial charge is 0.0819 e. The van der Waals surface area contributed by atoms with Crippen molar-refractivity contribution in [3.63, 3.8) is 0 Å². The zero-order valence-corrected chi connectivity index (χ0v) is 7.37. The van der Waals surface area contributed by atoms with Crippen LogP contribution in [0.5, 0.6) is 0 Å². The van der Waals surface area contributed by atoms with Crippen molar-refractivity contribution in [3.8, 4) is 0 Å². The summed E-state index contributed by atoms with van der Waals surface area (Å²) in [6.07, 6.45) is 0.687. The first kappa shape index (κ1) is 8.97. The van der Waals surface area contributed by atoms with Crippen molar-refractivity contribution in [3.05, 3.63) is 0 Å². The lowest BCUT2D eigenvalue weighted by molar-refractivity contribution is -0.137. The first-order chi connectivity index (χ1) is 4.93. The van der Waals surface area contributed by atoms with Gasteiger partial charge in [-0.2, -0.15) is 0 Å². The normalized spacial score (nSPS) is 52.6. The summed E-state index contributed by atoms with van der Waals surface area (Å²) in [6.45, 7) is 5.62. The molecular formula is C8H17NO2. The SMILES string of the molecule is CC1CC(C)(O)C(N)C(C)O1. The molecule has 1 rings (SSSR count). The Labute approximate surface area is 67.5 Å². The Morgan fingerprint density at radius 3 is 2.55 bits per heavy atom. The fourth-order valence-electron chi connectivity index (χ4n) is 1.72. The quantitative estimate of drug-likeness (QED) is 0.533. The Kier molecular flexibility index (Phi) is 2.23. The van der Waals surface area contributed by atoms with E-state index in [4.69, 9.17) is 10.5 Å². The summed E-state index contributed by atoms with van der Waals surface area (Å²) < 4.78 is 5.45. The minimum atomic E-state index is -0.767. The fraction of sp³-hybridized carbons (Fsp3) is 1.00. The maximum Gasteiger partial charge on any atom is 0.0819 e. The zero-order chi connectivity index (χ0) is 8.65. The van der Waals surface area contributed by atoms with E-state index < -0.39 is 5.60 Å². The zero-order valence-electron chi connectivity index (χ0n) is 7.37. The Bertz CT molecular complexity index is 147. The molecule has 0 spiro atoms. The summed E-state index contributed by atoms with van der Waals surface area (Å²) in [5.41, 5.74) is 4.98. The number of rotatable bonds is 0. The van der Waals surface area contributed by atoms with Gasteiger partial charge >= 0.3 is 0 Å². The van der Waals surface area contributed by atoms with Crippen LogP contribution in [0.3, 0.4) is 0 Å². The van der Waals surface area contributed by atoms with Crippen molar-refractivity contribution in [2.24, 2.45) is 5.73 Å². The van der Waals surface area contributed by atoms with E-state index in [1.165, 1.54) is 0 Å². The highest BCUT2D eigenvalue weighted by Gasteiger charge is 2.39. The third-order valence-corrected chi connectivity index (χ3v) is 2.37. The first-order valence-electron chi connectivity index (χ1n) is 4.07. The molecule has 3 nitrogen and oxygen atoms in total. The van der Waals surface area contributed by atoms with Gasteiger partial charge in [0, 0.05) is 6.42 Å². The molecule has 11 heavy (non-hydrogen) atoms. The number of hydrogen-bond acceptors (Lipinski definition) is 3. The lowest BCUT2D eigenvalue weighted by atomic mass is 9.85. The highest BCUT2D eigenvalue weighted by atomic mass is 16.5. The van der Waals surface area contributed by atoms with Crippen LogP contribution >= 0.6 is 0 Å². The highest BCUT2D eigenvalue weighted by Crippen LogP contribution is 2.26. The van der Waals surface area contributed by atoms with E-state index in [-0.39, 0.29) is 18.2 Å². The lowest BCUT2D eigenvalue weighted by Crippen LogP contribution is -2.58. The largest absolute Gasteiger partial charge is 0.388 e. The molecule has 0 amide bonds. The molecule has 3 heteroatoms. The second kappa shape index (κ2) is 2.73. The minimum Gasteiger partial charge on any atom is -0.388 e. The van der Waals surface area contributed by atoms with E-state index in [1.54, 1.807) is 6.92 Å². The molecule has 0 saturated carbocycles. The Hall–Kier alpha value is -0.120.